The number of aliphatic carboxylic acids is 1. The van der Waals surface area contributed by atoms with Crippen molar-refractivity contribution in [2.24, 2.45) is 0 Å². The van der Waals surface area contributed by atoms with Crippen LogP contribution in [0.5, 0.6) is 0 Å². The number of imide groups is 1. The molecule has 0 saturated heterocycles. The van der Waals surface area contributed by atoms with Gasteiger partial charge in [-0.25, -0.2) is 4.79 Å². The molecule has 1 aromatic carbocycles. The third-order valence-electron chi connectivity index (χ3n) is 3.91. The molecule has 1 heterocycles. The van der Waals surface area contributed by atoms with Gasteiger partial charge in [0, 0.05) is 24.9 Å². The van der Waals surface area contributed by atoms with Crippen molar-refractivity contribution in [3.05, 3.63) is 30.0 Å². The standard InChI is InChI=1S/C17H20N2O4/c1-5-14(17(22)23)18-10(2)9-13-15(18)7-6-8-16(13)19(11(3)20)12(4)21/h6-9,14H,5H2,1-4H3,(H,22,23). The Kier molecular flexibility index (Phi) is 4.54. The maximum Gasteiger partial charge on any atom is 0.326 e. The van der Waals surface area contributed by atoms with Crippen molar-refractivity contribution < 1.29 is 19.5 Å². The predicted octanol–water partition coefficient (Wildman–Crippen LogP) is 2.88. The molecule has 0 spiro atoms. The number of anilines is 1. The van der Waals surface area contributed by atoms with Crippen molar-refractivity contribution in [2.45, 2.75) is 40.2 Å². The Labute approximate surface area is 134 Å². The summed E-state index contributed by atoms with van der Waals surface area (Å²) in [5.74, 6) is -1.66. The second-order valence-corrected chi connectivity index (χ2v) is 5.50. The number of carboxylic acid groups (broad SMARTS) is 1. The van der Waals surface area contributed by atoms with Crippen LogP contribution in [0.3, 0.4) is 0 Å². The first-order valence-corrected chi connectivity index (χ1v) is 7.44. The predicted molar refractivity (Wildman–Crippen MR) is 87.5 cm³/mol. The van der Waals surface area contributed by atoms with E-state index in [1.807, 2.05) is 19.9 Å². The van der Waals surface area contributed by atoms with Gasteiger partial charge in [-0.1, -0.05) is 13.0 Å². The van der Waals surface area contributed by atoms with E-state index >= 15 is 0 Å². The molecule has 1 aromatic heterocycles. The Bertz CT molecular complexity index is 777. The zero-order valence-electron chi connectivity index (χ0n) is 13.7. The second-order valence-electron chi connectivity index (χ2n) is 5.50. The molecule has 2 rings (SSSR count). The Hall–Kier alpha value is -2.63. The maximum absolute atomic E-state index is 11.8. The number of carbonyl (C=O) groups is 3. The van der Waals surface area contributed by atoms with Gasteiger partial charge in [0.1, 0.15) is 6.04 Å². The summed E-state index contributed by atoms with van der Waals surface area (Å²) in [7, 11) is 0. The molecule has 0 aliphatic rings. The number of aromatic nitrogens is 1. The number of aryl methyl sites for hydroxylation is 1. The van der Waals surface area contributed by atoms with Crippen LogP contribution in [0.1, 0.15) is 38.9 Å². The van der Waals surface area contributed by atoms with Crippen LogP contribution in [-0.4, -0.2) is 27.5 Å². The topological polar surface area (TPSA) is 79.6 Å². The fourth-order valence-corrected chi connectivity index (χ4v) is 3.00. The quantitative estimate of drug-likeness (QED) is 0.940. The third kappa shape index (κ3) is 2.84. The van der Waals surface area contributed by atoms with Gasteiger partial charge in [-0.2, -0.15) is 0 Å². The molecule has 122 valence electrons. The highest BCUT2D eigenvalue weighted by Gasteiger charge is 2.24. The van der Waals surface area contributed by atoms with Crippen LogP contribution < -0.4 is 4.90 Å². The van der Waals surface area contributed by atoms with E-state index in [1.54, 1.807) is 22.8 Å². The average Bonchev–Trinajstić information content (AvgIpc) is 2.77. The van der Waals surface area contributed by atoms with E-state index in [0.717, 1.165) is 10.6 Å². The number of benzene rings is 1. The van der Waals surface area contributed by atoms with Crippen molar-refractivity contribution in [2.75, 3.05) is 4.90 Å². The van der Waals surface area contributed by atoms with E-state index in [0.29, 0.717) is 23.0 Å². The Morgan fingerprint density at radius 3 is 2.30 bits per heavy atom. The van der Waals surface area contributed by atoms with E-state index in [4.69, 9.17) is 0 Å². The molecule has 23 heavy (non-hydrogen) atoms. The fraction of sp³-hybridized carbons (Fsp3) is 0.353. The summed E-state index contributed by atoms with van der Waals surface area (Å²) in [4.78, 5) is 36.3. The zero-order valence-corrected chi connectivity index (χ0v) is 13.7. The lowest BCUT2D eigenvalue weighted by Crippen LogP contribution is -2.33. The van der Waals surface area contributed by atoms with Crippen molar-refractivity contribution >= 4 is 34.4 Å². The number of carboxylic acids is 1. The highest BCUT2D eigenvalue weighted by molar-refractivity contribution is 6.17. The molecule has 0 aliphatic heterocycles. The van der Waals surface area contributed by atoms with E-state index < -0.39 is 12.0 Å². The van der Waals surface area contributed by atoms with E-state index in [2.05, 4.69) is 0 Å². The van der Waals surface area contributed by atoms with Gasteiger partial charge in [-0.05, 0) is 31.5 Å². The Morgan fingerprint density at radius 2 is 1.83 bits per heavy atom. The minimum atomic E-state index is -0.909. The van der Waals surface area contributed by atoms with E-state index in [9.17, 15) is 19.5 Å². The zero-order chi connectivity index (χ0) is 17.3. The summed E-state index contributed by atoms with van der Waals surface area (Å²) < 4.78 is 1.74. The van der Waals surface area contributed by atoms with Crippen LogP contribution in [0.4, 0.5) is 5.69 Å². The molecule has 0 bridgehead atoms. The smallest absolute Gasteiger partial charge is 0.326 e. The molecule has 0 radical (unpaired) electrons. The SMILES string of the molecule is CCC(C(=O)O)n1c(C)cc2c(N(C(C)=O)C(C)=O)cccc21. The fourth-order valence-electron chi connectivity index (χ4n) is 3.00. The number of fused-ring (bicyclic) bond motifs is 1. The molecule has 2 aromatic rings. The maximum atomic E-state index is 11.8. The lowest BCUT2D eigenvalue weighted by molar-refractivity contribution is -0.141. The van der Waals surface area contributed by atoms with Crippen molar-refractivity contribution in [1.82, 2.24) is 4.57 Å². The van der Waals surface area contributed by atoms with Crippen molar-refractivity contribution in [3.8, 4) is 0 Å². The molecule has 6 heteroatoms. The van der Waals surface area contributed by atoms with Crippen LogP contribution in [0.25, 0.3) is 10.9 Å². The van der Waals surface area contributed by atoms with Crippen LogP contribution in [0.2, 0.25) is 0 Å². The number of carbonyl (C=O) groups excluding carboxylic acids is 2. The lowest BCUT2D eigenvalue weighted by atomic mass is 10.1. The summed E-state index contributed by atoms with van der Waals surface area (Å²) in [5, 5.41) is 10.1. The summed E-state index contributed by atoms with van der Waals surface area (Å²) in [6.45, 7) is 6.29. The molecule has 1 unspecified atom stereocenters. The molecule has 2 amide bonds. The summed E-state index contributed by atoms with van der Waals surface area (Å²) in [6, 6.07) is 6.34. The summed E-state index contributed by atoms with van der Waals surface area (Å²) in [5.41, 5.74) is 1.94. The molecule has 0 fully saturated rings. The lowest BCUT2D eigenvalue weighted by Gasteiger charge is -2.19. The monoisotopic (exact) mass is 316 g/mol. The minimum absolute atomic E-state index is 0.374. The third-order valence-corrected chi connectivity index (χ3v) is 3.91. The first-order chi connectivity index (χ1) is 10.8. The van der Waals surface area contributed by atoms with Crippen molar-refractivity contribution in [1.29, 1.82) is 0 Å². The van der Waals surface area contributed by atoms with Gasteiger partial charge in [-0.3, -0.25) is 14.5 Å². The molecule has 0 aliphatic carbocycles. The number of hydrogen-bond donors (Lipinski definition) is 1. The first kappa shape index (κ1) is 16.7. The van der Waals surface area contributed by atoms with Crippen LogP contribution in [0, 0.1) is 6.92 Å². The van der Waals surface area contributed by atoms with Gasteiger partial charge in [0.25, 0.3) is 0 Å². The van der Waals surface area contributed by atoms with Crippen molar-refractivity contribution in [3.63, 3.8) is 0 Å². The van der Waals surface area contributed by atoms with Gasteiger partial charge in [0.05, 0.1) is 11.2 Å². The largest absolute Gasteiger partial charge is 0.480 e. The second kappa shape index (κ2) is 6.24. The Balaban J connectivity index is 2.76. The molecule has 0 saturated carbocycles. The normalized spacial score (nSPS) is 12.2. The van der Waals surface area contributed by atoms with Crippen LogP contribution >= 0.6 is 0 Å². The Morgan fingerprint density at radius 1 is 1.22 bits per heavy atom. The first-order valence-electron chi connectivity index (χ1n) is 7.44. The van der Waals surface area contributed by atoms with E-state index in [-0.39, 0.29) is 11.8 Å². The molecular weight excluding hydrogens is 296 g/mol. The minimum Gasteiger partial charge on any atom is -0.480 e. The highest BCUT2D eigenvalue weighted by Crippen LogP contribution is 2.33. The van der Waals surface area contributed by atoms with E-state index in [1.165, 1.54) is 13.8 Å². The van der Waals surface area contributed by atoms with Gasteiger partial charge in [0.2, 0.25) is 11.8 Å². The molecular formula is C17H20N2O4. The van der Waals surface area contributed by atoms with Gasteiger partial charge >= 0.3 is 5.97 Å². The average molecular weight is 316 g/mol. The van der Waals surface area contributed by atoms with Crippen LogP contribution in [0.15, 0.2) is 24.3 Å². The molecule has 1 N–H and O–H groups in total. The van der Waals surface area contributed by atoms with Gasteiger partial charge in [0.15, 0.2) is 0 Å². The van der Waals surface area contributed by atoms with Gasteiger partial charge < -0.3 is 9.67 Å². The number of rotatable bonds is 4. The molecule has 1 atom stereocenters. The van der Waals surface area contributed by atoms with Crippen LogP contribution in [-0.2, 0) is 14.4 Å². The summed E-state index contributed by atoms with van der Waals surface area (Å²) in [6.07, 6.45) is 0.438. The highest BCUT2D eigenvalue weighted by atomic mass is 16.4. The number of nitrogens with zero attached hydrogens (tertiary/aromatic N) is 2. The number of hydrogen-bond acceptors (Lipinski definition) is 3. The molecule has 6 nitrogen and oxygen atoms in total. The van der Waals surface area contributed by atoms with Gasteiger partial charge in [-0.15, -0.1) is 0 Å². The summed E-state index contributed by atoms with van der Waals surface area (Å²) >= 11 is 0. The number of amides is 2.